The molecule has 0 bridgehead atoms. The highest BCUT2D eigenvalue weighted by Gasteiger charge is 2.40. The first-order valence-corrected chi connectivity index (χ1v) is 10.7. The molecule has 0 radical (unpaired) electrons. The fourth-order valence-corrected chi connectivity index (χ4v) is 3.70. The molecule has 30 heavy (non-hydrogen) atoms. The summed E-state index contributed by atoms with van der Waals surface area (Å²) in [5, 5.41) is 0. The predicted octanol–water partition coefficient (Wildman–Crippen LogP) is 4.88. The van der Waals surface area contributed by atoms with Crippen LogP contribution in [0.5, 0.6) is 5.75 Å². The van der Waals surface area contributed by atoms with Gasteiger partial charge in [0.2, 0.25) is 0 Å². The number of hydrogen-bond donors (Lipinski definition) is 0. The van der Waals surface area contributed by atoms with Crippen molar-refractivity contribution in [2.24, 2.45) is 0 Å². The molecule has 0 saturated heterocycles. The normalized spacial score (nSPS) is 13.9. The largest absolute Gasteiger partial charge is 0.494 e. The van der Waals surface area contributed by atoms with Crippen LogP contribution < -0.4 is 9.64 Å². The number of carbonyl (C=O) groups is 2. The number of likely N-dealkylation sites (N-methyl/N-ethyl adjacent to an activating group) is 1. The molecule has 0 fully saturated rings. The fourth-order valence-electron chi connectivity index (χ4n) is 3.70. The Morgan fingerprint density at radius 3 is 2.20 bits per heavy atom. The van der Waals surface area contributed by atoms with Crippen molar-refractivity contribution in [3.63, 3.8) is 0 Å². The second kappa shape index (κ2) is 10.1. The molecule has 158 valence electrons. The van der Waals surface area contributed by atoms with E-state index in [0.29, 0.717) is 24.4 Å². The summed E-state index contributed by atoms with van der Waals surface area (Å²) >= 11 is 0. The minimum absolute atomic E-state index is 0.224. The second-order valence-corrected chi connectivity index (χ2v) is 7.40. The van der Waals surface area contributed by atoms with Crippen LogP contribution in [-0.4, -0.2) is 36.9 Å². The van der Waals surface area contributed by atoms with Gasteiger partial charge in [0, 0.05) is 19.3 Å². The Morgan fingerprint density at radius 1 is 0.867 bits per heavy atom. The summed E-state index contributed by atoms with van der Waals surface area (Å²) in [4.78, 5) is 29.9. The Labute approximate surface area is 178 Å². The third kappa shape index (κ3) is 4.56. The molecule has 0 spiro atoms. The quantitative estimate of drug-likeness (QED) is 0.417. The monoisotopic (exact) mass is 406 g/mol. The average Bonchev–Trinajstić information content (AvgIpc) is 3.02. The summed E-state index contributed by atoms with van der Waals surface area (Å²) in [7, 11) is 1.84. The summed E-state index contributed by atoms with van der Waals surface area (Å²) in [5.41, 5.74) is 2.46. The van der Waals surface area contributed by atoms with E-state index in [2.05, 4.69) is 6.92 Å². The van der Waals surface area contributed by atoms with E-state index in [4.69, 9.17) is 4.74 Å². The standard InChI is InChI=1S/C25H30N2O3/c1-4-6-7-11-18-27-24(28)22(19-14-16-21(17-15-19)30-5-2)23(25(27)29)26(3)20-12-9-8-10-13-20/h8-10,12-17H,4-7,11,18H2,1-3H3. The Kier molecular flexibility index (Phi) is 7.28. The Hall–Kier alpha value is -3.08. The first-order valence-electron chi connectivity index (χ1n) is 10.7. The number of carbonyl (C=O) groups excluding carboxylic acids is 2. The molecule has 0 N–H and O–H groups in total. The number of imide groups is 1. The van der Waals surface area contributed by atoms with Crippen molar-refractivity contribution in [3.8, 4) is 5.75 Å². The summed E-state index contributed by atoms with van der Waals surface area (Å²) in [6, 6.07) is 17.0. The van der Waals surface area contributed by atoms with Gasteiger partial charge in [0.25, 0.3) is 11.8 Å². The number of ether oxygens (including phenoxy) is 1. The summed E-state index contributed by atoms with van der Waals surface area (Å²) < 4.78 is 5.52. The predicted molar refractivity (Wildman–Crippen MR) is 120 cm³/mol. The summed E-state index contributed by atoms with van der Waals surface area (Å²) in [6.45, 7) is 5.10. The van der Waals surface area contributed by atoms with Crippen LogP contribution in [0.3, 0.4) is 0 Å². The average molecular weight is 407 g/mol. The summed E-state index contributed by atoms with van der Waals surface area (Å²) in [5.74, 6) is 0.290. The van der Waals surface area contributed by atoms with Crippen LogP contribution in [0, 0.1) is 0 Å². The molecule has 0 atom stereocenters. The van der Waals surface area contributed by atoms with Crippen LogP contribution >= 0.6 is 0 Å². The number of para-hydroxylation sites is 1. The lowest BCUT2D eigenvalue weighted by Gasteiger charge is -2.21. The zero-order chi connectivity index (χ0) is 21.5. The van der Waals surface area contributed by atoms with E-state index in [1.807, 2.05) is 73.5 Å². The third-order valence-corrected chi connectivity index (χ3v) is 5.31. The highest BCUT2D eigenvalue weighted by atomic mass is 16.5. The van der Waals surface area contributed by atoms with E-state index in [1.165, 1.54) is 4.90 Å². The van der Waals surface area contributed by atoms with E-state index in [9.17, 15) is 9.59 Å². The minimum atomic E-state index is -0.230. The molecule has 5 heteroatoms. The molecule has 0 unspecified atom stereocenters. The van der Waals surface area contributed by atoms with Gasteiger partial charge in [-0.15, -0.1) is 0 Å². The lowest BCUT2D eigenvalue weighted by Crippen LogP contribution is -2.35. The SMILES string of the molecule is CCCCCCN1C(=O)C(c2ccc(OCC)cc2)=C(N(C)c2ccccc2)C1=O. The minimum Gasteiger partial charge on any atom is -0.494 e. The fraction of sp³-hybridized carbons (Fsp3) is 0.360. The highest BCUT2D eigenvalue weighted by Crippen LogP contribution is 2.34. The number of unbranched alkanes of at least 4 members (excludes halogenated alkanes) is 3. The zero-order valence-electron chi connectivity index (χ0n) is 18.1. The van der Waals surface area contributed by atoms with E-state index in [-0.39, 0.29) is 11.8 Å². The van der Waals surface area contributed by atoms with Gasteiger partial charge in [0.15, 0.2) is 0 Å². The van der Waals surface area contributed by atoms with Crippen LogP contribution in [0.25, 0.3) is 5.57 Å². The van der Waals surface area contributed by atoms with Crippen molar-refractivity contribution in [2.75, 3.05) is 25.1 Å². The van der Waals surface area contributed by atoms with Crippen molar-refractivity contribution in [2.45, 2.75) is 39.5 Å². The molecule has 2 aromatic rings. The van der Waals surface area contributed by atoms with Crippen LogP contribution in [-0.2, 0) is 9.59 Å². The molecule has 1 aliphatic heterocycles. The van der Waals surface area contributed by atoms with Crippen molar-refractivity contribution in [1.29, 1.82) is 0 Å². The number of benzene rings is 2. The molecule has 1 heterocycles. The third-order valence-electron chi connectivity index (χ3n) is 5.31. The molecule has 5 nitrogen and oxygen atoms in total. The Morgan fingerprint density at radius 2 is 1.57 bits per heavy atom. The first kappa shape index (κ1) is 21.6. The van der Waals surface area contributed by atoms with Gasteiger partial charge in [-0.3, -0.25) is 14.5 Å². The Bertz CT molecular complexity index is 904. The molecule has 0 aliphatic carbocycles. The van der Waals surface area contributed by atoms with E-state index >= 15 is 0 Å². The highest BCUT2D eigenvalue weighted by molar-refractivity contribution is 6.36. The molecular formula is C25H30N2O3. The maximum Gasteiger partial charge on any atom is 0.278 e. The van der Waals surface area contributed by atoms with Gasteiger partial charge in [0.05, 0.1) is 12.2 Å². The van der Waals surface area contributed by atoms with Crippen molar-refractivity contribution < 1.29 is 14.3 Å². The molecule has 0 aromatic heterocycles. The topological polar surface area (TPSA) is 49.9 Å². The molecule has 2 aromatic carbocycles. The van der Waals surface area contributed by atoms with E-state index in [1.54, 1.807) is 0 Å². The first-order chi connectivity index (χ1) is 14.6. The van der Waals surface area contributed by atoms with E-state index < -0.39 is 0 Å². The number of hydrogen-bond acceptors (Lipinski definition) is 4. The smallest absolute Gasteiger partial charge is 0.278 e. The van der Waals surface area contributed by atoms with Gasteiger partial charge >= 0.3 is 0 Å². The van der Waals surface area contributed by atoms with Gasteiger partial charge in [-0.05, 0) is 43.2 Å². The maximum absolute atomic E-state index is 13.3. The van der Waals surface area contributed by atoms with Crippen molar-refractivity contribution >= 4 is 23.1 Å². The molecular weight excluding hydrogens is 376 g/mol. The lowest BCUT2D eigenvalue weighted by atomic mass is 10.0. The molecule has 2 amide bonds. The maximum atomic E-state index is 13.3. The zero-order valence-corrected chi connectivity index (χ0v) is 18.1. The van der Waals surface area contributed by atoms with Gasteiger partial charge in [0.1, 0.15) is 11.4 Å². The molecule has 1 aliphatic rings. The van der Waals surface area contributed by atoms with Gasteiger partial charge in [-0.1, -0.05) is 56.5 Å². The van der Waals surface area contributed by atoms with Gasteiger partial charge in [-0.25, -0.2) is 0 Å². The van der Waals surface area contributed by atoms with Crippen LogP contribution in [0.2, 0.25) is 0 Å². The van der Waals surface area contributed by atoms with Crippen LogP contribution in [0.4, 0.5) is 5.69 Å². The lowest BCUT2D eigenvalue weighted by molar-refractivity contribution is -0.136. The van der Waals surface area contributed by atoms with E-state index in [0.717, 1.165) is 42.7 Å². The molecule has 0 saturated carbocycles. The summed E-state index contributed by atoms with van der Waals surface area (Å²) in [6.07, 6.45) is 4.05. The second-order valence-electron chi connectivity index (χ2n) is 7.40. The van der Waals surface area contributed by atoms with Gasteiger partial charge in [-0.2, -0.15) is 0 Å². The number of amides is 2. The number of nitrogens with zero attached hydrogens (tertiary/aromatic N) is 2. The van der Waals surface area contributed by atoms with Gasteiger partial charge < -0.3 is 9.64 Å². The molecule has 3 rings (SSSR count). The number of rotatable bonds is 10. The van der Waals surface area contributed by atoms with Crippen LogP contribution in [0.1, 0.15) is 45.1 Å². The van der Waals surface area contributed by atoms with Crippen LogP contribution in [0.15, 0.2) is 60.3 Å². The Balaban J connectivity index is 1.97. The van der Waals surface area contributed by atoms with Crippen molar-refractivity contribution in [1.82, 2.24) is 4.90 Å². The van der Waals surface area contributed by atoms with Crippen molar-refractivity contribution in [3.05, 3.63) is 65.9 Å². The number of anilines is 1.